The van der Waals surface area contributed by atoms with Gasteiger partial charge in [-0.3, -0.25) is 4.79 Å². The van der Waals surface area contributed by atoms with Gasteiger partial charge in [0.25, 0.3) is 0 Å². The number of ether oxygens (including phenoxy) is 1. The van der Waals surface area contributed by atoms with E-state index in [1.165, 1.54) is 19.3 Å². The van der Waals surface area contributed by atoms with Crippen LogP contribution in [0.15, 0.2) is 66.8 Å². The largest absolute Gasteiger partial charge is 0.367 e. The van der Waals surface area contributed by atoms with Crippen molar-refractivity contribution in [3.63, 3.8) is 0 Å². The first-order chi connectivity index (χ1) is 13.8. The summed E-state index contributed by atoms with van der Waals surface area (Å²) < 4.78 is 6.18. The van der Waals surface area contributed by atoms with Gasteiger partial charge in [-0.05, 0) is 24.8 Å². The fraction of sp³-hybridized carbons (Fsp3) is 0.480. The number of amides is 1. The topological polar surface area (TPSA) is 38.3 Å². The highest BCUT2D eigenvalue weighted by Crippen LogP contribution is 2.15. The van der Waals surface area contributed by atoms with Gasteiger partial charge in [-0.25, -0.2) is 0 Å². The number of hydrogen-bond acceptors (Lipinski definition) is 2. The molecule has 0 bridgehead atoms. The molecule has 2 rings (SSSR count). The van der Waals surface area contributed by atoms with Gasteiger partial charge in [-0.15, -0.1) is 0 Å². The molecule has 28 heavy (non-hydrogen) atoms. The van der Waals surface area contributed by atoms with Crippen molar-refractivity contribution in [2.45, 2.75) is 77.0 Å². The summed E-state index contributed by atoms with van der Waals surface area (Å²) >= 11 is 0. The molecule has 1 heterocycles. The number of nitrogens with one attached hydrogen (secondary N) is 1. The van der Waals surface area contributed by atoms with Crippen LogP contribution < -0.4 is 5.32 Å². The maximum Gasteiger partial charge on any atom is 0.220 e. The Balaban J connectivity index is 1.51. The lowest BCUT2D eigenvalue weighted by Crippen LogP contribution is -2.22. The van der Waals surface area contributed by atoms with Crippen molar-refractivity contribution in [2.75, 3.05) is 0 Å². The van der Waals surface area contributed by atoms with Gasteiger partial charge in [0.05, 0.1) is 12.2 Å². The van der Waals surface area contributed by atoms with Crippen LogP contribution >= 0.6 is 0 Å². The second-order valence-corrected chi connectivity index (χ2v) is 7.34. The van der Waals surface area contributed by atoms with Gasteiger partial charge in [-0.2, -0.15) is 0 Å². The molecule has 3 heteroatoms. The summed E-state index contributed by atoms with van der Waals surface area (Å²) in [5.41, 5.74) is 1.15. The molecule has 0 saturated carbocycles. The Labute approximate surface area is 170 Å². The Morgan fingerprint density at radius 3 is 2.32 bits per heavy atom. The van der Waals surface area contributed by atoms with Crippen molar-refractivity contribution in [3.8, 4) is 0 Å². The van der Waals surface area contributed by atoms with Crippen LogP contribution in [-0.2, 0) is 16.1 Å². The Hall–Kier alpha value is -2.13. The van der Waals surface area contributed by atoms with Crippen molar-refractivity contribution < 1.29 is 9.53 Å². The van der Waals surface area contributed by atoms with Crippen molar-refractivity contribution in [1.82, 2.24) is 5.32 Å². The quantitative estimate of drug-likeness (QED) is 0.486. The van der Waals surface area contributed by atoms with Crippen LogP contribution in [0.2, 0.25) is 0 Å². The number of carbonyl (C=O) groups excluding carboxylic acids is 1. The van der Waals surface area contributed by atoms with Crippen LogP contribution in [0.4, 0.5) is 0 Å². The zero-order chi connectivity index (χ0) is 19.9. The molecule has 2 unspecified atom stereocenters. The smallest absolute Gasteiger partial charge is 0.220 e. The number of carbonyl (C=O) groups is 1. The molecule has 0 radical (unpaired) electrons. The van der Waals surface area contributed by atoms with Crippen LogP contribution in [0.1, 0.15) is 63.9 Å². The van der Waals surface area contributed by atoms with E-state index in [1.807, 2.05) is 30.3 Å². The average Bonchev–Trinajstić information content (AvgIpc) is 2.84. The van der Waals surface area contributed by atoms with E-state index in [0.29, 0.717) is 13.0 Å². The van der Waals surface area contributed by atoms with Crippen LogP contribution in [0.25, 0.3) is 0 Å². The molecule has 152 valence electrons. The Morgan fingerprint density at radius 2 is 1.57 bits per heavy atom. The second-order valence-electron chi connectivity index (χ2n) is 7.34. The van der Waals surface area contributed by atoms with E-state index in [1.54, 1.807) is 0 Å². The molecule has 1 aliphatic heterocycles. The average molecular weight is 382 g/mol. The predicted molar refractivity (Wildman–Crippen MR) is 117 cm³/mol. The predicted octanol–water partition coefficient (Wildman–Crippen LogP) is 5.88. The number of hydrogen-bond donors (Lipinski definition) is 1. The van der Waals surface area contributed by atoms with Gasteiger partial charge in [0, 0.05) is 13.0 Å². The van der Waals surface area contributed by atoms with Gasteiger partial charge in [0.1, 0.15) is 0 Å². The Kier molecular flexibility index (Phi) is 11.0. The standard InChI is InChI=1S/C25H35NO2/c1-2-23-17-11-6-7-13-19-24(28-23)18-12-4-3-5-14-20-25(27)26-21-22-15-9-8-10-16-22/h6-11,13,15-17,19,23-24H,2-5,12,14,18,20-21H2,1H3,(H,26,27)/b7-6-,17-11-,19-13-. The highest BCUT2D eigenvalue weighted by atomic mass is 16.5. The van der Waals surface area contributed by atoms with E-state index < -0.39 is 0 Å². The molecule has 1 aliphatic rings. The van der Waals surface area contributed by atoms with E-state index in [4.69, 9.17) is 4.74 Å². The third kappa shape index (κ3) is 9.70. The lowest BCUT2D eigenvalue weighted by atomic mass is 10.1. The maximum absolute atomic E-state index is 11.9. The molecular weight excluding hydrogens is 346 g/mol. The molecule has 3 nitrogen and oxygen atoms in total. The number of unbranched alkanes of at least 4 members (excludes halogenated alkanes) is 4. The monoisotopic (exact) mass is 381 g/mol. The van der Waals surface area contributed by atoms with Crippen LogP contribution in [-0.4, -0.2) is 18.1 Å². The first-order valence-corrected chi connectivity index (χ1v) is 10.8. The minimum Gasteiger partial charge on any atom is -0.367 e. The van der Waals surface area contributed by atoms with Gasteiger partial charge in [-0.1, -0.05) is 99.4 Å². The van der Waals surface area contributed by atoms with Crippen LogP contribution in [0.3, 0.4) is 0 Å². The van der Waals surface area contributed by atoms with Crippen molar-refractivity contribution in [3.05, 3.63) is 72.4 Å². The zero-order valence-corrected chi connectivity index (χ0v) is 17.2. The fourth-order valence-electron chi connectivity index (χ4n) is 3.26. The first kappa shape index (κ1) is 22.2. The zero-order valence-electron chi connectivity index (χ0n) is 17.2. The number of allylic oxidation sites excluding steroid dienone is 4. The summed E-state index contributed by atoms with van der Waals surface area (Å²) in [5.74, 6) is 0.152. The third-order valence-corrected chi connectivity index (χ3v) is 4.96. The van der Waals surface area contributed by atoms with Gasteiger partial charge < -0.3 is 10.1 Å². The van der Waals surface area contributed by atoms with E-state index in [9.17, 15) is 4.79 Å². The fourth-order valence-corrected chi connectivity index (χ4v) is 3.26. The SMILES string of the molecule is CCC1\C=C/C=C\C=C/C(CCCCCCCC(=O)NCc2ccccc2)O1. The lowest BCUT2D eigenvalue weighted by Gasteiger charge is -2.19. The van der Waals surface area contributed by atoms with Gasteiger partial charge >= 0.3 is 0 Å². The Bertz CT molecular complexity index is 633. The highest BCUT2D eigenvalue weighted by molar-refractivity contribution is 5.75. The number of benzene rings is 1. The van der Waals surface area contributed by atoms with E-state index in [2.05, 4.69) is 48.7 Å². The lowest BCUT2D eigenvalue weighted by molar-refractivity contribution is -0.121. The summed E-state index contributed by atoms with van der Waals surface area (Å²) in [4.78, 5) is 11.9. The Morgan fingerprint density at radius 1 is 0.893 bits per heavy atom. The normalized spacial score (nSPS) is 22.5. The van der Waals surface area contributed by atoms with E-state index >= 15 is 0 Å². The molecule has 0 aliphatic carbocycles. The van der Waals surface area contributed by atoms with Gasteiger partial charge in [0.2, 0.25) is 5.91 Å². The summed E-state index contributed by atoms with van der Waals surface area (Å²) in [6.07, 6.45) is 21.3. The molecule has 0 aromatic heterocycles. The van der Waals surface area contributed by atoms with Gasteiger partial charge in [0.15, 0.2) is 0 Å². The third-order valence-electron chi connectivity index (χ3n) is 4.96. The van der Waals surface area contributed by atoms with E-state index in [0.717, 1.165) is 31.2 Å². The molecule has 0 fully saturated rings. The van der Waals surface area contributed by atoms with Crippen molar-refractivity contribution in [1.29, 1.82) is 0 Å². The minimum absolute atomic E-state index is 0.152. The summed E-state index contributed by atoms with van der Waals surface area (Å²) in [5, 5.41) is 3.00. The number of rotatable bonds is 11. The first-order valence-electron chi connectivity index (χ1n) is 10.8. The molecule has 0 spiro atoms. The minimum atomic E-state index is 0.152. The molecular formula is C25H35NO2. The van der Waals surface area contributed by atoms with Crippen LogP contribution in [0.5, 0.6) is 0 Å². The second kappa shape index (κ2) is 14.0. The summed E-state index contributed by atoms with van der Waals surface area (Å²) in [6, 6.07) is 10.0. The molecule has 1 aromatic carbocycles. The molecule has 0 saturated heterocycles. The maximum atomic E-state index is 11.9. The van der Waals surface area contributed by atoms with E-state index in [-0.39, 0.29) is 18.1 Å². The highest BCUT2D eigenvalue weighted by Gasteiger charge is 2.11. The molecule has 1 aromatic rings. The molecule has 1 amide bonds. The van der Waals surface area contributed by atoms with Crippen molar-refractivity contribution >= 4 is 5.91 Å². The summed E-state index contributed by atoms with van der Waals surface area (Å²) in [7, 11) is 0. The molecule has 1 N–H and O–H groups in total. The summed E-state index contributed by atoms with van der Waals surface area (Å²) in [6.45, 7) is 2.78. The van der Waals surface area contributed by atoms with Crippen molar-refractivity contribution in [2.24, 2.45) is 0 Å². The van der Waals surface area contributed by atoms with Crippen LogP contribution in [0, 0.1) is 0 Å². The molecule has 2 atom stereocenters.